The van der Waals surface area contributed by atoms with Crippen LogP contribution in [0.1, 0.15) is 41.0 Å². The molecule has 3 rings (SSSR count). The Balaban J connectivity index is 1.72. The Hall–Kier alpha value is -3.32. The van der Waals surface area contributed by atoms with Crippen LogP contribution in [0.2, 0.25) is 0 Å². The number of carbonyl (C=O) groups is 2. The van der Waals surface area contributed by atoms with E-state index in [1.807, 2.05) is 13.8 Å². The maximum absolute atomic E-state index is 12.8. The molecule has 0 atom stereocenters. The van der Waals surface area contributed by atoms with E-state index in [0.29, 0.717) is 45.9 Å². The van der Waals surface area contributed by atoms with E-state index in [2.05, 4.69) is 26.6 Å². The summed E-state index contributed by atoms with van der Waals surface area (Å²) in [5.41, 5.74) is 1.86. The molecule has 0 spiro atoms. The fraction of sp³-hybridized carbons (Fsp3) is 0.200. The van der Waals surface area contributed by atoms with Gasteiger partial charge in [-0.3, -0.25) is 9.59 Å². The molecule has 0 aliphatic carbocycles. The van der Waals surface area contributed by atoms with Gasteiger partial charge in [-0.1, -0.05) is 19.1 Å². The Bertz CT molecular complexity index is 1080. The predicted octanol–water partition coefficient (Wildman–Crippen LogP) is 6.14. The van der Waals surface area contributed by atoms with Crippen molar-refractivity contribution in [3.05, 3.63) is 82.3 Å². The smallest absolute Gasteiger partial charge is 0.257 e. The van der Waals surface area contributed by atoms with Crippen LogP contribution in [-0.2, 0) is 0 Å². The zero-order valence-electron chi connectivity index (χ0n) is 18.0. The van der Waals surface area contributed by atoms with Crippen molar-refractivity contribution in [2.24, 2.45) is 0 Å². The minimum Gasteiger partial charge on any atom is -0.494 e. The number of amides is 2. The first kappa shape index (κ1) is 23.3. The van der Waals surface area contributed by atoms with E-state index in [1.165, 1.54) is 0 Å². The van der Waals surface area contributed by atoms with Crippen molar-refractivity contribution in [3.63, 3.8) is 0 Å². The molecule has 0 saturated heterocycles. The number of nitrogens with one attached hydrogen (secondary N) is 2. The molecule has 3 aromatic rings. The van der Waals surface area contributed by atoms with Crippen molar-refractivity contribution in [1.29, 1.82) is 0 Å². The summed E-state index contributed by atoms with van der Waals surface area (Å²) in [4.78, 5) is 25.7. The summed E-state index contributed by atoms with van der Waals surface area (Å²) >= 11 is 3.44. The molecule has 2 N–H and O–H groups in total. The number of ether oxygens (including phenoxy) is 2. The zero-order valence-corrected chi connectivity index (χ0v) is 19.6. The van der Waals surface area contributed by atoms with Crippen molar-refractivity contribution in [2.45, 2.75) is 20.3 Å². The number of carbonyl (C=O) groups excluding carboxylic acids is 2. The average molecular weight is 497 g/mol. The van der Waals surface area contributed by atoms with Gasteiger partial charge in [0, 0.05) is 11.3 Å². The lowest BCUT2D eigenvalue weighted by Crippen LogP contribution is -2.18. The van der Waals surface area contributed by atoms with Crippen LogP contribution in [0, 0.1) is 0 Å². The van der Waals surface area contributed by atoms with Crippen LogP contribution in [0.15, 0.2) is 71.2 Å². The summed E-state index contributed by atoms with van der Waals surface area (Å²) in [6.45, 7) is 5.11. The maximum Gasteiger partial charge on any atom is 0.257 e. The Kier molecular flexibility index (Phi) is 8.27. The Morgan fingerprint density at radius 3 is 2.31 bits per heavy atom. The lowest BCUT2D eigenvalue weighted by molar-refractivity contribution is 0.102. The van der Waals surface area contributed by atoms with Gasteiger partial charge in [-0.25, -0.2) is 0 Å². The molecule has 3 aromatic carbocycles. The highest BCUT2D eigenvalue weighted by Crippen LogP contribution is 2.27. The van der Waals surface area contributed by atoms with Crippen molar-refractivity contribution in [1.82, 2.24) is 0 Å². The molecule has 2 amide bonds. The molecule has 166 valence electrons. The van der Waals surface area contributed by atoms with Crippen molar-refractivity contribution >= 4 is 39.1 Å². The molecule has 0 fully saturated rings. The largest absolute Gasteiger partial charge is 0.494 e. The number of anilines is 2. The quantitative estimate of drug-likeness (QED) is 0.372. The standard InChI is InChI=1S/C25H25BrN2O4/c1-3-15-32-23-14-9-17(16-21(23)26)24(29)28-22-8-6-5-7-20(22)25(30)27-18-10-12-19(13-11-18)31-4-2/h5-14,16H,3-4,15H2,1-2H3,(H,27,30)(H,28,29). The summed E-state index contributed by atoms with van der Waals surface area (Å²) in [5.74, 6) is 0.762. The van der Waals surface area contributed by atoms with Crippen LogP contribution in [0.4, 0.5) is 11.4 Å². The van der Waals surface area contributed by atoms with Gasteiger partial charge in [0.25, 0.3) is 11.8 Å². The first-order chi connectivity index (χ1) is 15.5. The highest BCUT2D eigenvalue weighted by Gasteiger charge is 2.15. The van der Waals surface area contributed by atoms with Crippen LogP contribution in [0.3, 0.4) is 0 Å². The van der Waals surface area contributed by atoms with E-state index < -0.39 is 0 Å². The van der Waals surface area contributed by atoms with E-state index in [1.54, 1.807) is 66.7 Å². The third kappa shape index (κ3) is 6.11. The van der Waals surface area contributed by atoms with Crippen molar-refractivity contribution in [3.8, 4) is 11.5 Å². The summed E-state index contributed by atoms with van der Waals surface area (Å²) < 4.78 is 11.7. The highest BCUT2D eigenvalue weighted by atomic mass is 79.9. The molecular weight excluding hydrogens is 472 g/mol. The first-order valence-corrected chi connectivity index (χ1v) is 11.2. The van der Waals surface area contributed by atoms with Crippen LogP contribution in [-0.4, -0.2) is 25.0 Å². The SMILES string of the molecule is CCCOc1ccc(C(=O)Nc2ccccc2C(=O)Nc2ccc(OCC)cc2)cc1Br. The van der Waals surface area contributed by atoms with Gasteiger partial charge in [0.2, 0.25) is 0 Å². The fourth-order valence-electron chi connectivity index (χ4n) is 2.96. The van der Waals surface area contributed by atoms with Crippen LogP contribution < -0.4 is 20.1 Å². The molecular formula is C25H25BrN2O4. The first-order valence-electron chi connectivity index (χ1n) is 10.4. The number of rotatable bonds is 9. The average Bonchev–Trinajstić information content (AvgIpc) is 2.80. The Morgan fingerprint density at radius 2 is 1.62 bits per heavy atom. The maximum atomic E-state index is 12.8. The van der Waals surface area contributed by atoms with Crippen LogP contribution in [0.25, 0.3) is 0 Å². The summed E-state index contributed by atoms with van der Waals surface area (Å²) in [7, 11) is 0. The van der Waals surface area contributed by atoms with Crippen molar-refractivity contribution < 1.29 is 19.1 Å². The van der Waals surface area contributed by atoms with Gasteiger partial charge in [0.1, 0.15) is 11.5 Å². The minimum absolute atomic E-state index is 0.324. The van der Waals surface area contributed by atoms with Crippen LogP contribution in [0.5, 0.6) is 11.5 Å². The van der Waals surface area contributed by atoms with Crippen molar-refractivity contribution in [2.75, 3.05) is 23.8 Å². The second-order valence-corrected chi connectivity index (χ2v) is 7.76. The summed E-state index contributed by atoms with van der Waals surface area (Å²) in [5, 5.41) is 5.68. The number of halogens is 1. The van der Waals surface area contributed by atoms with E-state index in [9.17, 15) is 9.59 Å². The summed E-state index contributed by atoms with van der Waals surface area (Å²) in [6.07, 6.45) is 0.893. The third-order valence-electron chi connectivity index (χ3n) is 4.50. The Morgan fingerprint density at radius 1 is 0.875 bits per heavy atom. The molecule has 0 bridgehead atoms. The lowest BCUT2D eigenvalue weighted by Gasteiger charge is -2.13. The summed E-state index contributed by atoms with van der Waals surface area (Å²) in [6, 6.07) is 19.1. The van der Waals surface area contributed by atoms with Gasteiger partial charge in [0.15, 0.2) is 0 Å². The molecule has 0 saturated carbocycles. The lowest BCUT2D eigenvalue weighted by atomic mass is 10.1. The number of benzene rings is 3. The van der Waals surface area contributed by atoms with E-state index in [4.69, 9.17) is 9.47 Å². The van der Waals surface area contributed by atoms with E-state index in [-0.39, 0.29) is 11.8 Å². The Labute approximate surface area is 196 Å². The van der Waals surface area contributed by atoms with E-state index >= 15 is 0 Å². The second kappa shape index (κ2) is 11.3. The van der Waals surface area contributed by atoms with E-state index in [0.717, 1.165) is 12.2 Å². The normalized spacial score (nSPS) is 10.3. The molecule has 32 heavy (non-hydrogen) atoms. The third-order valence-corrected chi connectivity index (χ3v) is 5.12. The fourth-order valence-corrected chi connectivity index (χ4v) is 3.45. The zero-order chi connectivity index (χ0) is 22.9. The topological polar surface area (TPSA) is 76.7 Å². The number of hydrogen-bond acceptors (Lipinski definition) is 4. The second-order valence-electron chi connectivity index (χ2n) is 6.90. The molecule has 0 aromatic heterocycles. The van der Waals surface area contributed by atoms with Gasteiger partial charge < -0.3 is 20.1 Å². The monoisotopic (exact) mass is 496 g/mol. The minimum atomic E-state index is -0.325. The van der Waals surface area contributed by atoms with Gasteiger partial charge in [-0.15, -0.1) is 0 Å². The molecule has 0 heterocycles. The number of hydrogen-bond donors (Lipinski definition) is 2. The molecule has 7 heteroatoms. The van der Waals surface area contributed by atoms with Gasteiger partial charge in [0.05, 0.1) is 28.9 Å². The van der Waals surface area contributed by atoms with Gasteiger partial charge in [-0.05, 0) is 83.9 Å². The molecule has 0 unspecified atom stereocenters. The van der Waals surface area contributed by atoms with Gasteiger partial charge in [-0.2, -0.15) is 0 Å². The van der Waals surface area contributed by atoms with Crippen LogP contribution >= 0.6 is 15.9 Å². The highest BCUT2D eigenvalue weighted by molar-refractivity contribution is 9.10. The molecule has 6 nitrogen and oxygen atoms in total. The molecule has 0 radical (unpaired) electrons. The van der Waals surface area contributed by atoms with Gasteiger partial charge >= 0.3 is 0 Å². The molecule has 0 aliphatic heterocycles. The number of para-hydroxylation sites is 1. The predicted molar refractivity (Wildman–Crippen MR) is 130 cm³/mol. The molecule has 0 aliphatic rings.